The molecule has 0 aromatic heterocycles. The topological polar surface area (TPSA) is 83.4 Å². The van der Waals surface area contributed by atoms with Crippen molar-refractivity contribution in [3.8, 4) is 5.75 Å². The maximum absolute atomic E-state index is 13.0. The first-order valence-corrected chi connectivity index (χ1v) is 13.2. The van der Waals surface area contributed by atoms with Gasteiger partial charge in [-0.15, -0.1) is 0 Å². The Morgan fingerprint density at radius 2 is 1.76 bits per heavy atom. The summed E-state index contributed by atoms with van der Waals surface area (Å²) in [6.07, 6.45) is 0.533. The number of fused-ring (bicyclic) bond motifs is 3. The molecule has 2 heterocycles. The zero-order chi connectivity index (χ0) is 25.8. The number of carbonyl (C=O) groups is 2. The molecule has 3 aromatic carbocycles. The molecule has 7 nitrogen and oxygen atoms in total. The highest BCUT2D eigenvalue weighted by molar-refractivity contribution is 8.13. The molecule has 5 rings (SSSR count). The molecule has 0 saturated carbocycles. The van der Waals surface area contributed by atoms with Gasteiger partial charge in [0, 0.05) is 29.3 Å². The summed E-state index contributed by atoms with van der Waals surface area (Å²) in [7, 11) is 1.61. The first-order valence-electron chi connectivity index (χ1n) is 11.9. The predicted octanol–water partition coefficient (Wildman–Crippen LogP) is 5.34. The van der Waals surface area contributed by atoms with E-state index >= 15 is 0 Å². The van der Waals surface area contributed by atoms with Crippen LogP contribution in [0, 0.1) is 0 Å². The second-order valence-electron chi connectivity index (χ2n) is 8.65. The van der Waals surface area contributed by atoms with Crippen LogP contribution in [0.5, 0.6) is 5.75 Å². The molecule has 0 bridgehead atoms. The first kappa shape index (κ1) is 25.0. The van der Waals surface area contributed by atoms with E-state index in [1.807, 2.05) is 77.7 Å². The molecule has 0 spiro atoms. The maximum atomic E-state index is 13.0. The van der Waals surface area contributed by atoms with E-state index in [2.05, 4.69) is 10.3 Å². The molecule has 1 atom stereocenters. The van der Waals surface area contributed by atoms with Gasteiger partial charge in [0.1, 0.15) is 17.6 Å². The van der Waals surface area contributed by atoms with Gasteiger partial charge in [-0.25, -0.2) is 4.99 Å². The summed E-state index contributed by atoms with van der Waals surface area (Å²) in [5, 5.41) is 4.31. The molecule has 37 heavy (non-hydrogen) atoms. The predicted molar refractivity (Wildman–Crippen MR) is 148 cm³/mol. The number of amidine groups is 2. The number of methoxy groups -OCH3 is 1. The van der Waals surface area contributed by atoms with Crippen molar-refractivity contribution in [2.24, 2.45) is 9.98 Å². The molecule has 0 aliphatic carbocycles. The lowest BCUT2D eigenvalue weighted by atomic mass is 10.1. The van der Waals surface area contributed by atoms with Crippen molar-refractivity contribution < 1.29 is 14.3 Å². The summed E-state index contributed by atoms with van der Waals surface area (Å²) in [6.45, 7) is 0.407. The second kappa shape index (κ2) is 11.2. The van der Waals surface area contributed by atoms with E-state index in [0.717, 1.165) is 28.1 Å². The molecule has 188 valence electrons. The molecule has 2 amide bonds. The number of nitrogens with zero attached hydrogens (tertiary/aromatic N) is 3. The summed E-state index contributed by atoms with van der Waals surface area (Å²) in [5.41, 5.74) is 3.66. The minimum absolute atomic E-state index is 0.123. The summed E-state index contributed by atoms with van der Waals surface area (Å²) in [4.78, 5) is 36.8. The molecular weight excluding hydrogens is 508 g/mol. The van der Waals surface area contributed by atoms with E-state index in [1.165, 1.54) is 11.8 Å². The average Bonchev–Trinajstić information content (AvgIpc) is 3.26. The molecule has 0 radical (unpaired) electrons. The molecular formula is C28H25ClN4O3S. The SMILES string of the molecule is COc1ccc(CNC(=O)CCC2C(=O)N=C3c4ccccc4N=C(SCc4ccc(Cl)cc4)N32)cc1. The van der Waals surface area contributed by atoms with Gasteiger partial charge >= 0.3 is 0 Å². The highest BCUT2D eigenvalue weighted by atomic mass is 35.5. The Labute approximate surface area is 224 Å². The van der Waals surface area contributed by atoms with Crippen LogP contribution < -0.4 is 10.1 Å². The average molecular weight is 533 g/mol. The molecule has 3 aromatic rings. The molecule has 1 unspecified atom stereocenters. The number of thioether (sulfide) groups is 1. The van der Waals surface area contributed by atoms with Gasteiger partial charge in [-0.1, -0.05) is 59.8 Å². The van der Waals surface area contributed by atoms with E-state index in [0.29, 0.717) is 34.7 Å². The molecule has 2 aliphatic heterocycles. The quantitative estimate of drug-likeness (QED) is 0.423. The number of ether oxygens (including phenoxy) is 1. The summed E-state index contributed by atoms with van der Waals surface area (Å²) < 4.78 is 5.17. The fourth-order valence-electron chi connectivity index (χ4n) is 4.20. The van der Waals surface area contributed by atoms with Crippen molar-refractivity contribution in [1.82, 2.24) is 10.2 Å². The first-order chi connectivity index (χ1) is 18.0. The minimum atomic E-state index is -0.577. The largest absolute Gasteiger partial charge is 0.497 e. The number of amides is 2. The molecule has 2 aliphatic rings. The van der Waals surface area contributed by atoms with Gasteiger partial charge in [0.15, 0.2) is 5.17 Å². The molecule has 1 N–H and O–H groups in total. The number of benzene rings is 3. The van der Waals surface area contributed by atoms with Gasteiger partial charge in [-0.05, 0) is 53.9 Å². The third kappa shape index (κ3) is 5.70. The maximum Gasteiger partial charge on any atom is 0.270 e. The summed E-state index contributed by atoms with van der Waals surface area (Å²) in [6, 6.07) is 22.3. The zero-order valence-electron chi connectivity index (χ0n) is 20.2. The molecule has 9 heteroatoms. The van der Waals surface area contributed by atoms with Crippen molar-refractivity contribution in [1.29, 1.82) is 0 Å². The van der Waals surface area contributed by atoms with E-state index in [9.17, 15) is 9.59 Å². The fourth-order valence-corrected chi connectivity index (χ4v) is 5.33. The van der Waals surface area contributed by atoms with Gasteiger partial charge in [0.25, 0.3) is 5.91 Å². The Bertz CT molecular complexity index is 1370. The smallest absolute Gasteiger partial charge is 0.270 e. The Hall–Kier alpha value is -3.62. The van der Waals surface area contributed by atoms with Crippen molar-refractivity contribution >= 4 is 51.9 Å². The van der Waals surface area contributed by atoms with Gasteiger partial charge in [-0.2, -0.15) is 4.99 Å². The number of aliphatic imine (C=N–C) groups is 2. The molecule has 0 saturated heterocycles. The standard InChI is InChI=1S/C28H25ClN4O3S/c1-36-21-12-8-18(9-13-21)16-30-25(34)15-14-24-27(35)32-26-22-4-2-3-5-23(22)31-28(33(24)26)37-17-19-6-10-20(29)11-7-19/h2-13,24H,14-17H2,1H3,(H,30,34). The van der Waals surface area contributed by atoms with Crippen LogP contribution in [0.2, 0.25) is 5.02 Å². The van der Waals surface area contributed by atoms with E-state index in [4.69, 9.17) is 21.3 Å². The van der Waals surface area contributed by atoms with Crippen molar-refractivity contribution in [3.05, 3.63) is 94.5 Å². The van der Waals surface area contributed by atoms with E-state index in [1.54, 1.807) is 7.11 Å². The van der Waals surface area contributed by atoms with Crippen molar-refractivity contribution in [2.45, 2.75) is 31.2 Å². The number of halogens is 1. The number of para-hydroxylation sites is 1. The summed E-state index contributed by atoms with van der Waals surface area (Å²) in [5.74, 6) is 1.64. The number of rotatable bonds is 8. The lowest BCUT2D eigenvalue weighted by Gasteiger charge is -2.31. The van der Waals surface area contributed by atoms with Gasteiger partial charge in [0.2, 0.25) is 5.91 Å². The van der Waals surface area contributed by atoms with Gasteiger partial charge < -0.3 is 10.1 Å². The third-order valence-electron chi connectivity index (χ3n) is 6.18. The van der Waals surface area contributed by atoms with Crippen LogP contribution in [0.4, 0.5) is 5.69 Å². The van der Waals surface area contributed by atoms with Crippen LogP contribution in [0.15, 0.2) is 82.8 Å². The number of hydrogen-bond acceptors (Lipinski definition) is 6. The van der Waals surface area contributed by atoms with Crippen LogP contribution in [0.25, 0.3) is 0 Å². The third-order valence-corrected chi connectivity index (χ3v) is 7.46. The summed E-state index contributed by atoms with van der Waals surface area (Å²) >= 11 is 7.56. The molecule has 0 fully saturated rings. The van der Waals surface area contributed by atoms with Crippen LogP contribution in [0.1, 0.15) is 29.5 Å². The Kier molecular flexibility index (Phi) is 7.58. The fraction of sp³-hybridized carbons (Fsp3) is 0.214. The van der Waals surface area contributed by atoms with Crippen molar-refractivity contribution in [2.75, 3.05) is 7.11 Å². The lowest BCUT2D eigenvalue weighted by Crippen LogP contribution is -2.44. The van der Waals surface area contributed by atoms with Gasteiger partial charge in [-0.3, -0.25) is 14.5 Å². The Morgan fingerprint density at radius 3 is 2.51 bits per heavy atom. The normalized spacial score (nSPS) is 16.0. The van der Waals surface area contributed by atoms with E-state index < -0.39 is 6.04 Å². The Balaban J connectivity index is 1.27. The van der Waals surface area contributed by atoms with Crippen LogP contribution >= 0.6 is 23.4 Å². The Morgan fingerprint density at radius 1 is 1.03 bits per heavy atom. The van der Waals surface area contributed by atoms with Gasteiger partial charge in [0.05, 0.1) is 12.8 Å². The van der Waals surface area contributed by atoms with Crippen LogP contribution in [0.3, 0.4) is 0 Å². The van der Waals surface area contributed by atoms with Crippen LogP contribution in [-0.4, -0.2) is 40.9 Å². The second-order valence-corrected chi connectivity index (χ2v) is 10.0. The number of carbonyl (C=O) groups excluding carboxylic acids is 2. The monoisotopic (exact) mass is 532 g/mol. The van der Waals surface area contributed by atoms with E-state index in [-0.39, 0.29) is 18.2 Å². The highest BCUT2D eigenvalue weighted by Crippen LogP contribution is 2.36. The lowest BCUT2D eigenvalue weighted by molar-refractivity contribution is -0.122. The zero-order valence-corrected chi connectivity index (χ0v) is 21.8. The number of hydrogen-bond donors (Lipinski definition) is 1. The minimum Gasteiger partial charge on any atom is -0.497 e. The highest BCUT2D eigenvalue weighted by Gasteiger charge is 2.41. The van der Waals surface area contributed by atoms with Crippen LogP contribution in [-0.2, 0) is 21.9 Å². The number of nitrogens with one attached hydrogen (secondary N) is 1. The van der Waals surface area contributed by atoms with Crippen molar-refractivity contribution in [3.63, 3.8) is 0 Å².